The van der Waals surface area contributed by atoms with Gasteiger partial charge in [0.15, 0.2) is 21.7 Å². The highest BCUT2D eigenvalue weighted by Crippen LogP contribution is 2.34. The van der Waals surface area contributed by atoms with Gasteiger partial charge in [-0.1, -0.05) is 48.5 Å². The Hall–Kier alpha value is -4.53. The van der Waals surface area contributed by atoms with Crippen LogP contribution in [0, 0.1) is 6.92 Å². The summed E-state index contributed by atoms with van der Waals surface area (Å²) in [5, 5.41) is 21.4. The van der Waals surface area contributed by atoms with Gasteiger partial charge in [0.05, 0.1) is 36.1 Å². The molecule has 12 nitrogen and oxygen atoms in total. The second-order valence-corrected chi connectivity index (χ2v) is 13.3. The number of benzene rings is 3. The maximum Gasteiger partial charge on any atom is 0.253 e. The third kappa shape index (κ3) is 7.94. The molecule has 48 heavy (non-hydrogen) atoms. The minimum absolute atomic E-state index is 0.0845. The number of hydrogen-bond donors (Lipinski definition) is 3. The summed E-state index contributed by atoms with van der Waals surface area (Å²) >= 11 is 1.24. The first kappa shape index (κ1) is 34.8. The minimum atomic E-state index is -2.81. The molecule has 0 saturated heterocycles. The molecular weight excluding hydrogens is 651 g/mol. The fourth-order valence-corrected chi connectivity index (χ4v) is 6.90. The first-order valence-corrected chi connectivity index (χ1v) is 17.7. The van der Waals surface area contributed by atoms with Crippen molar-refractivity contribution in [3.05, 3.63) is 100 Å². The van der Waals surface area contributed by atoms with Crippen molar-refractivity contribution >= 4 is 40.0 Å². The molecule has 0 spiro atoms. The van der Waals surface area contributed by atoms with Gasteiger partial charge in [0.2, 0.25) is 0 Å². The van der Waals surface area contributed by atoms with Gasteiger partial charge in [0.25, 0.3) is 11.8 Å². The lowest BCUT2D eigenvalue weighted by atomic mass is 9.97. The molecule has 1 aliphatic rings. The molecule has 3 aromatic carbocycles. The van der Waals surface area contributed by atoms with E-state index >= 15 is 0 Å². The molecule has 4 aromatic rings. The van der Waals surface area contributed by atoms with Gasteiger partial charge in [-0.05, 0) is 79.5 Å². The number of hydrogen-bond acceptors (Lipinski definition) is 10. The fraction of sp³-hybridized carbons (Fsp3) is 0.324. The number of thiol groups is 1. The van der Waals surface area contributed by atoms with E-state index in [1.54, 1.807) is 29.8 Å². The Labute approximate surface area is 285 Å². The number of amides is 2. The zero-order chi connectivity index (χ0) is 34.4. The minimum Gasteiger partial charge on any atom is -0.497 e. The van der Waals surface area contributed by atoms with E-state index < -0.39 is 10.7 Å². The molecule has 2 unspecified atom stereocenters. The van der Waals surface area contributed by atoms with Crippen molar-refractivity contribution in [1.29, 1.82) is 0 Å². The smallest absolute Gasteiger partial charge is 0.253 e. The summed E-state index contributed by atoms with van der Waals surface area (Å²) in [7, 11) is 0.580. The zero-order valence-corrected chi connectivity index (χ0v) is 29.2. The van der Waals surface area contributed by atoms with Crippen molar-refractivity contribution in [2.75, 3.05) is 19.4 Å². The molecule has 0 aliphatic carbocycles. The van der Waals surface area contributed by atoms with Crippen LogP contribution >= 0.6 is 11.8 Å². The van der Waals surface area contributed by atoms with Gasteiger partial charge in [-0.15, -0.1) is 10.2 Å². The van der Waals surface area contributed by atoms with Crippen LogP contribution in [0.2, 0.25) is 0 Å². The number of ether oxygens (including phenoxy) is 1. The summed E-state index contributed by atoms with van der Waals surface area (Å²) in [5.74, 6) is 0.787. The molecule has 0 fully saturated rings. The fourth-order valence-electron chi connectivity index (χ4n) is 5.45. The number of nitrogens with zero attached hydrogens (tertiary/aromatic N) is 5. The second kappa shape index (κ2) is 15.6. The summed E-state index contributed by atoms with van der Waals surface area (Å²) < 4.78 is 30.6. The van der Waals surface area contributed by atoms with Gasteiger partial charge in [0, 0.05) is 25.1 Å². The van der Waals surface area contributed by atoms with Crippen LogP contribution in [0.4, 0.5) is 0 Å². The van der Waals surface area contributed by atoms with Crippen LogP contribution in [0.25, 0.3) is 0 Å². The number of hydrazone groups is 1. The van der Waals surface area contributed by atoms with Crippen molar-refractivity contribution in [2.45, 2.75) is 55.9 Å². The number of aromatic nitrogens is 3. The average molecular weight is 690 g/mol. The molecule has 2 atom stereocenters. The normalized spacial score (nSPS) is 15.0. The van der Waals surface area contributed by atoms with Crippen LogP contribution in [-0.4, -0.2) is 65.1 Å². The van der Waals surface area contributed by atoms with E-state index in [1.165, 1.54) is 23.9 Å². The Morgan fingerprint density at radius 1 is 1.06 bits per heavy atom. The molecule has 2 heterocycles. The first-order valence-electron chi connectivity index (χ1n) is 15.5. The standard InChI is InChI=1S/C34H39N7O5S2/c1-6-35-22(3)27-17-25(13-16-30(27)48(44)45)33(43)36-19-31-37-38-34(40(31)4)47-20-32(42)41-29(24-9-7-21(2)8-10-24)18-28(39-41)23-11-14-26(46-5)15-12-23/h7-17,22,29,35,48H,6,18-20H2,1-5H3,(H,36,43). The SMILES string of the molecule is CCNC(C)c1cc(C(=O)NCc2nnc(SCC(=O)N3N=C(c4ccc(OC)cc4)CC3c3ccc(C)cc3)n2C)ccc1[SH](=O)=O. The third-order valence-corrected chi connectivity index (χ3v) is 9.98. The Balaban J connectivity index is 1.26. The molecule has 1 aromatic heterocycles. The molecule has 5 rings (SSSR count). The molecule has 14 heteroatoms. The maximum absolute atomic E-state index is 13.6. The van der Waals surface area contributed by atoms with Crippen LogP contribution in [0.5, 0.6) is 5.75 Å². The molecule has 0 saturated carbocycles. The number of nitrogens with one attached hydrogen (secondary N) is 2. The van der Waals surface area contributed by atoms with Gasteiger partial charge in [0.1, 0.15) is 5.75 Å². The Bertz CT molecular complexity index is 1880. The maximum atomic E-state index is 13.6. The number of rotatable bonds is 13. The van der Waals surface area contributed by atoms with Crippen LogP contribution < -0.4 is 15.4 Å². The van der Waals surface area contributed by atoms with Gasteiger partial charge in [-0.25, -0.2) is 13.4 Å². The summed E-state index contributed by atoms with van der Waals surface area (Å²) in [6.07, 6.45) is 0.577. The highest BCUT2D eigenvalue weighted by atomic mass is 32.2. The van der Waals surface area contributed by atoms with E-state index in [0.717, 1.165) is 28.2 Å². The van der Waals surface area contributed by atoms with E-state index in [0.29, 0.717) is 35.1 Å². The summed E-state index contributed by atoms with van der Waals surface area (Å²) in [4.78, 5) is 26.8. The second-order valence-electron chi connectivity index (χ2n) is 11.4. The Morgan fingerprint density at radius 2 is 1.79 bits per heavy atom. The van der Waals surface area contributed by atoms with Crippen LogP contribution in [-0.2, 0) is 29.1 Å². The monoisotopic (exact) mass is 689 g/mol. The van der Waals surface area contributed by atoms with Gasteiger partial charge in [-0.2, -0.15) is 5.10 Å². The molecular formula is C34H39N7O5S2. The van der Waals surface area contributed by atoms with Gasteiger partial charge >= 0.3 is 0 Å². The molecule has 2 amide bonds. The predicted molar refractivity (Wildman–Crippen MR) is 185 cm³/mol. The van der Waals surface area contributed by atoms with E-state index in [2.05, 4.69) is 20.8 Å². The number of thioether (sulfide) groups is 1. The number of carbonyl (C=O) groups is 2. The lowest BCUT2D eigenvalue weighted by Crippen LogP contribution is -2.28. The van der Waals surface area contributed by atoms with E-state index in [4.69, 9.17) is 9.84 Å². The predicted octanol–water partition coefficient (Wildman–Crippen LogP) is 4.17. The van der Waals surface area contributed by atoms with Crippen molar-refractivity contribution in [2.24, 2.45) is 12.1 Å². The van der Waals surface area contributed by atoms with Crippen LogP contribution in [0.3, 0.4) is 0 Å². The number of methoxy groups -OCH3 is 1. The Kier molecular flexibility index (Phi) is 11.3. The Morgan fingerprint density at radius 3 is 2.46 bits per heavy atom. The topological polar surface area (TPSA) is 148 Å². The number of carbonyl (C=O) groups excluding carboxylic acids is 2. The summed E-state index contributed by atoms with van der Waals surface area (Å²) in [6, 6.07) is 19.8. The largest absolute Gasteiger partial charge is 0.497 e. The lowest BCUT2D eigenvalue weighted by Gasteiger charge is -2.22. The van der Waals surface area contributed by atoms with Crippen molar-refractivity contribution in [3.8, 4) is 5.75 Å². The number of aryl methyl sites for hydroxylation is 1. The van der Waals surface area contributed by atoms with Crippen molar-refractivity contribution in [3.63, 3.8) is 0 Å². The van der Waals surface area contributed by atoms with Gasteiger partial charge in [-0.3, -0.25) is 9.59 Å². The lowest BCUT2D eigenvalue weighted by molar-refractivity contribution is -0.130. The molecule has 252 valence electrons. The molecule has 1 aliphatic heterocycles. The van der Waals surface area contributed by atoms with E-state index in [-0.39, 0.29) is 41.1 Å². The van der Waals surface area contributed by atoms with Crippen LogP contribution in [0.1, 0.15) is 70.8 Å². The summed E-state index contributed by atoms with van der Waals surface area (Å²) in [5.41, 5.74) is 4.75. The highest BCUT2D eigenvalue weighted by Gasteiger charge is 2.33. The van der Waals surface area contributed by atoms with Gasteiger partial charge < -0.3 is 19.9 Å². The van der Waals surface area contributed by atoms with Crippen molar-refractivity contribution < 1.29 is 22.7 Å². The van der Waals surface area contributed by atoms with E-state index in [1.807, 2.05) is 69.3 Å². The molecule has 0 radical (unpaired) electrons. The third-order valence-electron chi connectivity index (χ3n) is 8.17. The quantitative estimate of drug-likeness (QED) is 0.139. The van der Waals surface area contributed by atoms with E-state index in [9.17, 15) is 18.0 Å². The van der Waals surface area contributed by atoms with Crippen LogP contribution in [0.15, 0.2) is 81.9 Å². The molecule has 2 N–H and O–H groups in total. The first-order chi connectivity index (χ1) is 23.1. The average Bonchev–Trinajstić information content (AvgIpc) is 3.70. The summed E-state index contributed by atoms with van der Waals surface area (Å²) in [6.45, 7) is 6.54. The zero-order valence-electron chi connectivity index (χ0n) is 27.5. The highest BCUT2D eigenvalue weighted by molar-refractivity contribution is 7.99. The van der Waals surface area contributed by atoms with Crippen molar-refractivity contribution in [1.82, 2.24) is 30.4 Å². The molecule has 0 bridgehead atoms.